The Bertz CT molecular complexity index is 1270. The highest BCUT2D eigenvalue weighted by Gasteiger charge is 2.31. The number of nitrogen functional groups attached to an aromatic ring is 1. The molecule has 0 saturated carbocycles. The summed E-state index contributed by atoms with van der Waals surface area (Å²) in [6.07, 6.45) is 3.64. The summed E-state index contributed by atoms with van der Waals surface area (Å²) in [5.74, 6) is 8.91. The summed E-state index contributed by atoms with van der Waals surface area (Å²) in [5.41, 5.74) is 7.98. The molecule has 2 aromatic heterocycles. The number of amides is 1. The SMILES string of the molecule is C=CC(=O)N1CC[C@H](c2nc(C#Cc3cc(OC)cc(OC)c3)c3c(N)ncc(OC)n23)C1. The molecule has 9 nitrogen and oxygen atoms in total. The highest BCUT2D eigenvalue weighted by atomic mass is 16.5. The van der Waals surface area contributed by atoms with E-state index in [4.69, 9.17) is 24.9 Å². The van der Waals surface area contributed by atoms with E-state index in [1.54, 1.807) is 38.5 Å². The minimum atomic E-state index is -0.0986. The van der Waals surface area contributed by atoms with E-state index in [1.807, 2.05) is 16.5 Å². The van der Waals surface area contributed by atoms with Gasteiger partial charge in [-0.2, -0.15) is 0 Å². The van der Waals surface area contributed by atoms with Gasteiger partial charge in [0.25, 0.3) is 0 Å². The molecule has 3 heterocycles. The number of carbonyl (C=O) groups excluding carboxylic acids is 1. The molecule has 2 N–H and O–H groups in total. The Morgan fingerprint density at radius 2 is 1.91 bits per heavy atom. The van der Waals surface area contributed by atoms with E-state index in [2.05, 4.69) is 23.4 Å². The Labute approximate surface area is 191 Å². The van der Waals surface area contributed by atoms with Gasteiger partial charge in [-0.25, -0.2) is 9.97 Å². The molecule has 4 rings (SSSR count). The Balaban J connectivity index is 1.82. The van der Waals surface area contributed by atoms with Gasteiger partial charge in [-0.15, -0.1) is 0 Å². The summed E-state index contributed by atoms with van der Waals surface area (Å²) in [5, 5.41) is 0. The molecule has 0 bridgehead atoms. The minimum Gasteiger partial charge on any atom is -0.497 e. The van der Waals surface area contributed by atoms with Gasteiger partial charge in [0.05, 0.1) is 27.5 Å². The van der Waals surface area contributed by atoms with Crippen LogP contribution in [0.2, 0.25) is 0 Å². The number of nitrogens with zero attached hydrogens (tertiary/aromatic N) is 4. The zero-order valence-corrected chi connectivity index (χ0v) is 18.8. The van der Waals surface area contributed by atoms with Gasteiger partial charge in [0.15, 0.2) is 5.82 Å². The van der Waals surface area contributed by atoms with E-state index in [0.717, 1.165) is 12.2 Å². The maximum Gasteiger partial charge on any atom is 0.245 e. The highest BCUT2D eigenvalue weighted by Crippen LogP contribution is 2.32. The first-order valence-corrected chi connectivity index (χ1v) is 10.4. The van der Waals surface area contributed by atoms with Crippen LogP contribution in [0.1, 0.15) is 29.4 Å². The first-order valence-electron chi connectivity index (χ1n) is 10.4. The lowest BCUT2D eigenvalue weighted by molar-refractivity contribution is -0.125. The zero-order valence-electron chi connectivity index (χ0n) is 18.8. The normalized spacial score (nSPS) is 15.1. The van der Waals surface area contributed by atoms with Gasteiger partial charge < -0.3 is 24.8 Å². The van der Waals surface area contributed by atoms with Crippen molar-refractivity contribution in [1.29, 1.82) is 0 Å². The molecule has 1 amide bonds. The van der Waals surface area contributed by atoms with E-state index >= 15 is 0 Å². The third kappa shape index (κ3) is 4.15. The number of benzene rings is 1. The number of fused-ring (bicyclic) bond motifs is 1. The maximum atomic E-state index is 12.1. The molecule has 1 aliphatic heterocycles. The van der Waals surface area contributed by atoms with Gasteiger partial charge in [-0.3, -0.25) is 9.20 Å². The number of hydrogen-bond donors (Lipinski definition) is 1. The van der Waals surface area contributed by atoms with Crippen LogP contribution < -0.4 is 19.9 Å². The van der Waals surface area contributed by atoms with Gasteiger partial charge >= 0.3 is 0 Å². The number of hydrogen-bond acceptors (Lipinski definition) is 7. The second kappa shape index (κ2) is 9.12. The summed E-state index contributed by atoms with van der Waals surface area (Å²) < 4.78 is 18.0. The van der Waals surface area contributed by atoms with Crippen molar-refractivity contribution in [2.75, 3.05) is 40.2 Å². The minimum absolute atomic E-state index is 0.00966. The standard InChI is InChI=1S/C24H25N5O4/c1-5-20(30)28-9-8-16(14-28)24-27-19(22-23(25)26-13-21(33-4)29(22)24)7-6-15-10-17(31-2)12-18(11-15)32-3/h5,10-13,16H,1,8-9,14H2,2-4H3,(H2,25,26)/t16-/m0/s1. The number of ether oxygens (including phenoxy) is 3. The number of anilines is 1. The number of imidazole rings is 1. The molecule has 1 atom stereocenters. The lowest BCUT2D eigenvalue weighted by atomic mass is 10.1. The fourth-order valence-corrected chi connectivity index (χ4v) is 3.96. The van der Waals surface area contributed by atoms with Crippen LogP contribution in [0.4, 0.5) is 5.82 Å². The maximum absolute atomic E-state index is 12.1. The molecule has 33 heavy (non-hydrogen) atoms. The summed E-state index contributed by atoms with van der Waals surface area (Å²) in [4.78, 5) is 22.9. The quantitative estimate of drug-likeness (QED) is 0.472. The second-order valence-electron chi connectivity index (χ2n) is 7.51. The van der Waals surface area contributed by atoms with Gasteiger partial charge in [0, 0.05) is 30.6 Å². The monoisotopic (exact) mass is 447 g/mol. The largest absolute Gasteiger partial charge is 0.497 e. The van der Waals surface area contributed by atoms with Crippen molar-refractivity contribution in [3.8, 4) is 29.2 Å². The van der Waals surface area contributed by atoms with E-state index in [9.17, 15) is 4.79 Å². The molecule has 0 unspecified atom stereocenters. The van der Waals surface area contributed by atoms with Crippen LogP contribution in [-0.2, 0) is 4.79 Å². The highest BCUT2D eigenvalue weighted by molar-refractivity contribution is 5.87. The second-order valence-corrected chi connectivity index (χ2v) is 7.51. The molecule has 0 aliphatic carbocycles. The van der Waals surface area contributed by atoms with E-state index < -0.39 is 0 Å². The fraction of sp³-hybridized carbons (Fsp3) is 0.292. The van der Waals surface area contributed by atoms with E-state index in [-0.39, 0.29) is 11.8 Å². The first kappa shape index (κ1) is 22.0. The van der Waals surface area contributed by atoms with Crippen LogP contribution in [0.25, 0.3) is 5.52 Å². The summed E-state index contributed by atoms with van der Waals surface area (Å²) in [6.45, 7) is 4.73. The van der Waals surface area contributed by atoms with Crippen molar-refractivity contribution < 1.29 is 19.0 Å². The molecular formula is C24H25N5O4. The first-order chi connectivity index (χ1) is 16.0. The van der Waals surface area contributed by atoms with Crippen molar-refractivity contribution in [3.63, 3.8) is 0 Å². The van der Waals surface area contributed by atoms with Crippen LogP contribution in [0.15, 0.2) is 37.1 Å². The average Bonchev–Trinajstić information content (AvgIpc) is 3.48. The molecule has 1 fully saturated rings. The molecule has 1 aliphatic rings. The number of carbonyl (C=O) groups is 1. The molecule has 3 aromatic rings. The van der Waals surface area contributed by atoms with Crippen LogP contribution in [0.3, 0.4) is 0 Å². The smallest absolute Gasteiger partial charge is 0.245 e. The molecule has 0 radical (unpaired) electrons. The van der Waals surface area contributed by atoms with E-state index in [0.29, 0.717) is 53.1 Å². The Kier molecular flexibility index (Phi) is 6.09. The fourth-order valence-electron chi connectivity index (χ4n) is 3.96. The van der Waals surface area contributed by atoms with Gasteiger partial charge in [0.1, 0.15) is 28.5 Å². The molecule has 1 saturated heterocycles. The van der Waals surface area contributed by atoms with Crippen LogP contribution in [0, 0.1) is 11.8 Å². The third-order valence-corrected chi connectivity index (χ3v) is 5.61. The van der Waals surface area contributed by atoms with Crippen LogP contribution in [0.5, 0.6) is 17.4 Å². The number of rotatable bonds is 5. The summed E-state index contributed by atoms with van der Waals surface area (Å²) in [6, 6.07) is 5.40. The van der Waals surface area contributed by atoms with E-state index in [1.165, 1.54) is 6.08 Å². The molecule has 1 aromatic carbocycles. The molecule has 0 spiro atoms. The van der Waals surface area contributed by atoms with Crippen molar-refractivity contribution in [2.24, 2.45) is 0 Å². The summed E-state index contributed by atoms with van der Waals surface area (Å²) in [7, 11) is 4.73. The summed E-state index contributed by atoms with van der Waals surface area (Å²) >= 11 is 0. The van der Waals surface area contributed by atoms with Crippen LogP contribution in [-0.4, -0.2) is 59.6 Å². The van der Waals surface area contributed by atoms with Crippen molar-refractivity contribution in [1.82, 2.24) is 19.3 Å². The van der Waals surface area contributed by atoms with Crippen molar-refractivity contribution >= 4 is 17.2 Å². The Morgan fingerprint density at radius 1 is 1.18 bits per heavy atom. The van der Waals surface area contributed by atoms with Crippen molar-refractivity contribution in [2.45, 2.75) is 12.3 Å². The molecular weight excluding hydrogens is 422 g/mol. The number of nitrogens with two attached hydrogens (primary N) is 1. The number of aromatic nitrogens is 3. The number of methoxy groups -OCH3 is 3. The Morgan fingerprint density at radius 3 is 2.55 bits per heavy atom. The zero-order chi connectivity index (χ0) is 23.5. The predicted octanol–water partition coefficient (Wildman–Crippen LogP) is 2.24. The third-order valence-electron chi connectivity index (χ3n) is 5.61. The van der Waals surface area contributed by atoms with Crippen LogP contribution >= 0.6 is 0 Å². The van der Waals surface area contributed by atoms with Gasteiger partial charge in [-0.05, 0) is 30.6 Å². The van der Waals surface area contributed by atoms with Gasteiger partial charge in [0.2, 0.25) is 11.8 Å². The predicted molar refractivity (Wildman–Crippen MR) is 124 cm³/mol. The number of likely N-dealkylation sites (tertiary alicyclic amines) is 1. The average molecular weight is 447 g/mol. The Hall–Kier alpha value is -4.19. The lowest BCUT2D eigenvalue weighted by Gasteiger charge is -2.14. The molecule has 170 valence electrons. The van der Waals surface area contributed by atoms with Crippen molar-refractivity contribution in [3.05, 3.63) is 54.1 Å². The topological polar surface area (TPSA) is 104 Å². The lowest BCUT2D eigenvalue weighted by Crippen LogP contribution is -2.26. The van der Waals surface area contributed by atoms with Gasteiger partial charge in [-0.1, -0.05) is 12.5 Å². The molecule has 9 heteroatoms.